The molecule has 0 atom stereocenters. The number of hydrogen-bond acceptors (Lipinski definition) is 4. The van der Waals surface area contributed by atoms with Crippen molar-refractivity contribution < 1.29 is 9.90 Å². The van der Waals surface area contributed by atoms with Crippen LogP contribution in [0.4, 0.5) is 0 Å². The zero-order chi connectivity index (χ0) is 17.8. The lowest BCUT2D eigenvalue weighted by Crippen LogP contribution is -2.31. The predicted octanol–water partition coefficient (Wildman–Crippen LogP) is 2.49. The Hall–Kier alpha value is -3.41. The molecule has 0 aliphatic rings. The van der Waals surface area contributed by atoms with Crippen molar-refractivity contribution in [2.45, 2.75) is 13.5 Å². The van der Waals surface area contributed by atoms with E-state index < -0.39 is 11.5 Å². The number of nitrogens with zero attached hydrogens (tertiary/aromatic N) is 2. The molecule has 0 spiro atoms. The first-order valence-corrected chi connectivity index (χ1v) is 7.86. The van der Waals surface area contributed by atoms with Crippen molar-refractivity contribution in [2.24, 2.45) is 5.10 Å². The van der Waals surface area contributed by atoms with E-state index >= 15 is 0 Å². The Morgan fingerprint density at radius 1 is 1.16 bits per heavy atom. The van der Waals surface area contributed by atoms with Gasteiger partial charge in [-0.3, -0.25) is 9.59 Å². The van der Waals surface area contributed by atoms with Crippen LogP contribution in [0, 0.1) is 0 Å². The van der Waals surface area contributed by atoms with Crippen molar-refractivity contribution in [3.8, 4) is 5.75 Å². The Kier molecular flexibility index (Phi) is 4.61. The molecular formula is C19H17N3O3. The first-order chi connectivity index (χ1) is 12.1. The molecule has 3 rings (SSSR count). The van der Waals surface area contributed by atoms with Gasteiger partial charge in [0, 0.05) is 11.9 Å². The van der Waals surface area contributed by atoms with Crippen molar-refractivity contribution in [2.75, 3.05) is 0 Å². The molecule has 0 radical (unpaired) electrons. The Bertz CT molecular complexity index is 1010. The number of fused-ring (bicyclic) bond motifs is 1. The van der Waals surface area contributed by atoms with E-state index in [-0.39, 0.29) is 11.3 Å². The zero-order valence-corrected chi connectivity index (χ0v) is 13.6. The van der Waals surface area contributed by atoms with Crippen LogP contribution in [0.1, 0.15) is 22.8 Å². The van der Waals surface area contributed by atoms with Crippen LogP contribution in [0.5, 0.6) is 5.75 Å². The summed E-state index contributed by atoms with van der Waals surface area (Å²) in [4.78, 5) is 25.0. The summed E-state index contributed by atoms with van der Waals surface area (Å²) in [6, 6.07) is 16.1. The van der Waals surface area contributed by atoms with Crippen LogP contribution in [-0.2, 0) is 6.54 Å². The van der Waals surface area contributed by atoms with Crippen LogP contribution >= 0.6 is 0 Å². The minimum Gasteiger partial charge on any atom is -0.506 e. The zero-order valence-electron chi connectivity index (χ0n) is 13.6. The van der Waals surface area contributed by atoms with E-state index in [0.717, 1.165) is 5.56 Å². The molecule has 1 amide bonds. The first-order valence-electron chi connectivity index (χ1n) is 7.86. The largest absolute Gasteiger partial charge is 0.506 e. The molecule has 0 fully saturated rings. The first kappa shape index (κ1) is 16.4. The molecule has 0 unspecified atom stereocenters. The number of carbonyl (C=O) groups excluding carboxylic acids is 1. The molecule has 0 aliphatic carbocycles. The second-order valence-electron chi connectivity index (χ2n) is 5.40. The summed E-state index contributed by atoms with van der Waals surface area (Å²) in [5.74, 6) is -1.08. The highest BCUT2D eigenvalue weighted by Gasteiger charge is 2.21. The second-order valence-corrected chi connectivity index (χ2v) is 5.40. The molecule has 1 aromatic heterocycles. The van der Waals surface area contributed by atoms with Gasteiger partial charge in [-0.1, -0.05) is 42.5 Å². The molecule has 0 saturated carbocycles. The van der Waals surface area contributed by atoms with Gasteiger partial charge in [0.05, 0.1) is 11.7 Å². The lowest BCUT2D eigenvalue weighted by Gasteiger charge is -2.12. The second kappa shape index (κ2) is 7.00. The van der Waals surface area contributed by atoms with Crippen molar-refractivity contribution in [1.29, 1.82) is 0 Å². The maximum atomic E-state index is 12.6. The van der Waals surface area contributed by atoms with Gasteiger partial charge in [0.1, 0.15) is 11.3 Å². The SMILES string of the molecule is CCn1c(=O)c(C(=O)N/N=C\c2ccccc2)c(O)c2ccccc21. The van der Waals surface area contributed by atoms with Crippen molar-refractivity contribution in [3.63, 3.8) is 0 Å². The fraction of sp³-hybridized carbons (Fsp3) is 0.105. The number of pyridine rings is 1. The molecule has 6 heteroatoms. The minimum atomic E-state index is -0.748. The standard InChI is InChI=1S/C19H17N3O3/c1-2-22-15-11-7-6-10-14(15)17(23)16(19(22)25)18(24)21-20-12-13-8-4-3-5-9-13/h3-12,23H,2H2,1H3,(H,21,24)/b20-12-. The van der Waals surface area contributed by atoms with Crippen LogP contribution in [0.25, 0.3) is 10.9 Å². The van der Waals surface area contributed by atoms with E-state index in [2.05, 4.69) is 10.5 Å². The molecule has 0 bridgehead atoms. The number of amides is 1. The van der Waals surface area contributed by atoms with E-state index in [4.69, 9.17) is 0 Å². The normalized spacial score (nSPS) is 11.1. The van der Waals surface area contributed by atoms with Gasteiger partial charge in [-0.15, -0.1) is 0 Å². The quantitative estimate of drug-likeness (QED) is 0.567. The van der Waals surface area contributed by atoms with E-state index in [1.165, 1.54) is 10.8 Å². The molecule has 3 aromatic rings. The monoisotopic (exact) mass is 335 g/mol. The van der Waals surface area contributed by atoms with Crippen molar-refractivity contribution in [3.05, 3.63) is 76.1 Å². The predicted molar refractivity (Wildman–Crippen MR) is 97.0 cm³/mol. The van der Waals surface area contributed by atoms with Crippen LogP contribution in [0.2, 0.25) is 0 Å². The molecule has 2 N–H and O–H groups in total. The number of carbonyl (C=O) groups is 1. The number of nitrogens with one attached hydrogen (secondary N) is 1. The van der Waals surface area contributed by atoms with Gasteiger partial charge in [-0.2, -0.15) is 5.10 Å². The summed E-state index contributed by atoms with van der Waals surface area (Å²) in [6.07, 6.45) is 1.47. The molecule has 1 heterocycles. The van der Waals surface area contributed by atoms with Gasteiger partial charge in [0.15, 0.2) is 0 Å². The van der Waals surface area contributed by atoms with Gasteiger partial charge in [-0.25, -0.2) is 5.43 Å². The summed E-state index contributed by atoms with van der Waals surface area (Å²) in [7, 11) is 0. The third-order valence-corrected chi connectivity index (χ3v) is 3.87. The van der Waals surface area contributed by atoms with Crippen LogP contribution in [-0.4, -0.2) is 21.8 Å². The van der Waals surface area contributed by atoms with Crippen LogP contribution in [0.15, 0.2) is 64.5 Å². The number of aryl methyl sites for hydroxylation is 1. The molecule has 25 heavy (non-hydrogen) atoms. The summed E-state index contributed by atoms with van der Waals surface area (Å²) < 4.78 is 1.45. The minimum absolute atomic E-state index is 0.314. The maximum absolute atomic E-state index is 12.6. The highest BCUT2D eigenvalue weighted by molar-refractivity contribution is 6.02. The average molecular weight is 335 g/mol. The molecule has 0 saturated heterocycles. The fourth-order valence-electron chi connectivity index (χ4n) is 2.67. The van der Waals surface area contributed by atoms with Gasteiger partial charge in [-0.05, 0) is 24.6 Å². The third-order valence-electron chi connectivity index (χ3n) is 3.87. The Labute approximate surface area is 144 Å². The number of para-hydroxylation sites is 1. The number of benzene rings is 2. The van der Waals surface area contributed by atoms with Gasteiger partial charge < -0.3 is 9.67 Å². The van der Waals surface area contributed by atoms with Crippen LogP contribution in [0.3, 0.4) is 0 Å². The number of rotatable bonds is 4. The molecule has 2 aromatic carbocycles. The number of hydrazone groups is 1. The molecule has 126 valence electrons. The summed E-state index contributed by atoms with van der Waals surface area (Å²) in [5, 5.41) is 14.7. The van der Waals surface area contributed by atoms with E-state index in [0.29, 0.717) is 17.4 Å². The number of aromatic hydroxyl groups is 1. The van der Waals surface area contributed by atoms with Crippen LogP contribution < -0.4 is 11.0 Å². The Morgan fingerprint density at radius 3 is 2.56 bits per heavy atom. The molecular weight excluding hydrogens is 318 g/mol. The summed E-state index contributed by atoms with van der Waals surface area (Å²) in [6.45, 7) is 2.19. The van der Waals surface area contributed by atoms with Crippen molar-refractivity contribution >= 4 is 23.0 Å². The number of hydrogen-bond donors (Lipinski definition) is 2. The van der Waals surface area contributed by atoms with Gasteiger partial charge >= 0.3 is 0 Å². The van der Waals surface area contributed by atoms with E-state index in [1.54, 1.807) is 31.2 Å². The van der Waals surface area contributed by atoms with Crippen molar-refractivity contribution in [1.82, 2.24) is 9.99 Å². The molecule has 6 nitrogen and oxygen atoms in total. The van der Waals surface area contributed by atoms with E-state index in [9.17, 15) is 14.7 Å². The lowest BCUT2D eigenvalue weighted by atomic mass is 10.1. The highest BCUT2D eigenvalue weighted by Crippen LogP contribution is 2.26. The average Bonchev–Trinajstić information content (AvgIpc) is 2.63. The Morgan fingerprint density at radius 2 is 1.84 bits per heavy atom. The number of aromatic nitrogens is 1. The fourth-order valence-corrected chi connectivity index (χ4v) is 2.67. The Balaban J connectivity index is 1.99. The highest BCUT2D eigenvalue weighted by atomic mass is 16.3. The summed E-state index contributed by atoms with van der Waals surface area (Å²) in [5.41, 5.74) is 2.82. The van der Waals surface area contributed by atoms with E-state index in [1.807, 2.05) is 30.3 Å². The maximum Gasteiger partial charge on any atom is 0.280 e. The topological polar surface area (TPSA) is 83.7 Å². The smallest absolute Gasteiger partial charge is 0.280 e. The molecule has 0 aliphatic heterocycles. The van der Waals surface area contributed by atoms with Gasteiger partial charge in [0.2, 0.25) is 0 Å². The third kappa shape index (κ3) is 3.14. The van der Waals surface area contributed by atoms with Gasteiger partial charge in [0.25, 0.3) is 11.5 Å². The lowest BCUT2D eigenvalue weighted by molar-refractivity contribution is 0.0950. The summed E-state index contributed by atoms with van der Waals surface area (Å²) >= 11 is 0.